The van der Waals surface area contributed by atoms with Crippen LogP contribution in [0, 0.1) is 0 Å². The Balaban J connectivity index is 2.00. The fraction of sp³-hybridized carbons (Fsp3) is 0.933. The summed E-state index contributed by atoms with van der Waals surface area (Å²) in [6.45, 7) is 11.5. The molecule has 2 N–H and O–H groups in total. The van der Waals surface area contributed by atoms with E-state index in [4.69, 9.17) is 9.47 Å². The third-order valence-electron chi connectivity index (χ3n) is 3.79. The van der Waals surface area contributed by atoms with Gasteiger partial charge in [0, 0.05) is 32.7 Å². The predicted molar refractivity (Wildman–Crippen MR) is 84.9 cm³/mol. The highest BCUT2D eigenvalue weighted by molar-refractivity contribution is 5.77. The van der Waals surface area contributed by atoms with E-state index in [1.165, 1.54) is 0 Å². The summed E-state index contributed by atoms with van der Waals surface area (Å²) in [5.41, 5.74) is 0. The number of rotatable bonds is 11. The zero-order valence-corrected chi connectivity index (χ0v) is 13.9. The Kier molecular flexibility index (Phi) is 10.3. The van der Waals surface area contributed by atoms with Crippen LogP contribution in [0.5, 0.6) is 0 Å². The van der Waals surface area contributed by atoms with Gasteiger partial charge >= 0.3 is 0 Å². The first-order chi connectivity index (χ1) is 10.7. The van der Waals surface area contributed by atoms with Gasteiger partial charge in [-0.3, -0.25) is 9.69 Å². The van der Waals surface area contributed by atoms with E-state index in [9.17, 15) is 9.90 Å². The van der Waals surface area contributed by atoms with Crippen LogP contribution < -0.4 is 5.32 Å². The summed E-state index contributed by atoms with van der Waals surface area (Å²) >= 11 is 0. The summed E-state index contributed by atoms with van der Waals surface area (Å²) in [6.07, 6.45) is -0.544. The lowest BCUT2D eigenvalue weighted by Crippen LogP contribution is -2.41. The molecule has 0 aliphatic carbocycles. The molecule has 7 nitrogen and oxygen atoms in total. The molecule has 1 rings (SSSR count). The summed E-state index contributed by atoms with van der Waals surface area (Å²) in [5, 5.41) is 12.6. The molecule has 1 aliphatic heterocycles. The van der Waals surface area contributed by atoms with Crippen molar-refractivity contribution >= 4 is 5.91 Å². The zero-order chi connectivity index (χ0) is 16.2. The zero-order valence-electron chi connectivity index (χ0n) is 13.9. The highest BCUT2D eigenvalue weighted by Gasteiger charge is 2.12. The maximum atomic E-state index is 11.6. The third-order valence-corrected chi connectivity index (χ3v) is 3.79. The summed E-state index contributed by atoms with van der Waals surface area (Å²) in [4.78, 5) is 16.0. The second kappa shape index (κ2) is 11.8. The van der Waals surface area contributed by atoms with Crippen molar-refractivity contribution in [3.63, 3.8) is 0 Å². The Hall–Kier alpha value is -0.730. The molecule has 0 saturated carbocycles. The maximum absolute atomic E-state index is 11.6. The Morgan fingerprint density at radius 3 is 2.68 bits per heavy atom. The first-order valence-electron chi connectivity index (χ1n) is 8.20. The lowest BCUT2D eigenvalue weighted by atomic mass is 10.3. The van der Waals surface area contributed by atoms with Crippen molar-refractivity contribution in [2.24, 2.45) is 0 Å². The van der Waals surface area contributed by atoms with Crippen molar-refractivity contribution in [3.05, 3.63) is 0 Å². The van der Waals surface area contributed by atoms with Gasteiger partial charge in [-0.1, -0.05) is 13.8 Å². The summed E-state index contributed by atoms with van der Waals surface area (Å²) in [5.74, 6) is -0.180. The van der Waals surface area contributed by atoms with Gasteiger partial charge in [-0.15, -0.1) is 0 Å². The van der Waals surface area contributed by atoms with Crippen LogP contribution in [0.4, 0.5) is 0 Å². The van der Waals surface area contributed by atoms with Gasteiger partial charge in [0.25, 0.3) is 0 Å². The molecular weight excluding hydrogens is 286 g/mol. The number of carbonyl (C=O) groups excluding carboxylic acids is 1. The standard InChI is InChI=1S/C15H31N3O4/c1-3-17(4-2)12-14(19)11-16-15(20)13-22-10-7-18-5-8-21-9-6-18/h14,19H,3-13H2,1-2H3,(H,16,20). The Morgan fingerprint density at radius 2 is 2.05 bits per heavy atom. The Labute approximate surface area is 133 Å². The third kappa shape index (κ3) is 8.65. The average Bonchev–Trinajstić information content (AvgIpc) is 2.55. The van der Waals surface area contributed by atoms with Crippen LogP contribution in [0.15, 0.2) is 0 Å². The van der Waals surface area contributed by atoms with E-state index in [0.29, 0.717) is 13.2 Å². The van der Waals surface area contributed by atoms with Gasteiger partial charge in [-0.05, 0) is 13.1 Å². The maximum Gasteiger partial charge on any atom is 0.246 e. The van der Waals surface area contributed by atoms with Crippen LogP contribution in [0.3, 0.4) is 0 Å². The molecule has 130 valence electrons. The average molecular weight is 317 g/mol. The molecule has 7 heteroatoms. The number of nitrogens with one attached hydrogen (secondary N) is 1. The topological polar surface area (TPSA) is 74.3 Å². The molecule has 0 spiro atoms. The van der Waals surface area contributed by atoms with Crippen molar-refractivity contribution in [2.45, 2.75) is 20.0 Å². The minimum Gasteiger partial charge on any atom is -0.390 e. The second-order valence-electron chi connectivity index (χ2n) is 5.45. The van der Waals surface area contributed by atoms with Gasteiger partial charge < -0.3 is 24.8 Å². The number of carbonyl (C=O) groups is 1. The quantitative estimate of drug-likeness (QED) is 0.484. The van der Waals surface area contributed by atoms with Gasteiger partial charge in [-0.25, -0.2) is 0 Å². The van der Waals surface area contributed by atoms with Crippen LogP contribution in [0.25, 0.3) is 0 Å². The molecule has 0 aromatic heterocycles. The second-order valence-corrected chi connectivity index (χ2v) is 5.45. The van der Waals surface area contributed by atoms with Gasteiger partial charge in [0.15, 0.2) is 0 Å². The number of ether oxygens (including phenoxy) is 2. The predicted octanol–water partition coefficient (Wildman–Crippen LogP) is -0.846. The fourth-order valence-corrected chi connectivity index (χ4v) is 2.31. The lowest BCUT2D eigenvalue weighted by Gasteiger charge is -2.26. The summed E-state index contributed by atoms with van der Waals surface area (Å²) in [7, 11) is 0. The van der Waals surface area contributed by atoms with E-state index >= 15 is 0 Å². The largest absolute Gasteiger partial charge is 0.390 e. The van der Waals surface area contributed by atoms with Crippen molar-refractivity contribution in [1.29, 1.82) is 0 Å². The van der Waals surface area contributed by atoms with Crippen molar-refractivity contribution < 1.29 is 19.4 Å². The monoisotopic (exact) mass is 317 g/mol. The van der Waals surface area contributed by atoms with Crippen LogP contribution >= 0.6 is 0 Å². The molecule has 0 aromatic carbocycles. The van der Waals surface area contributed by atoms with Crippen molar-refractivity contribution in [2.75, 3.05) is 72.2 Å². The minimum absolute atomic E-state index is 0.0440. The molecular formula is C15H31N3O4. The van der Waals surface area contributed by atoms with Gasteiger partial charge in [0.05, 0.1) is 25.9 Å². The van der Waals surface area contributed by atoms with E-state index in [2.05, 4.69) is 29.0 Å². The highest BCUT2D eigenvalue weighted by atomic mass is 16.5. The minimum atomic E-state index is -0.544. The number of aliphatic hydroxyl groups is 1. The van der Waals surface area contributed by atoms with E-state index in [0.717, 1.165) is 45.9 Å². The number of aliphatic hydroxyl groups excluding tert-OH is 1. The van der Waals surface area contributed by atoms with Crippen LogP contribution in [0.1, 0.15) is 13.8 Å². The van der Waals surface area contributed by atoms with Crippen molar-refractivity contribution in [3.8, 4) is 0 Å². The molecule has 0 aromatic rings. The highest BCUT2D eigenvalue weighted by Crippen LogP contribution is 1.96. The van der Waals surface area contributed by atoms with Crippen LogP contribution in [-0.4, -0.2) is 99.2 Å². The Morgan fingerprint density at radius 1 is 1.36 bits per heavy atom. The first kappa shape index (κ1) is 19.3. The number of amides is 1. The normalized spacial score (nSPS) is 17.6. The van der Waals surface area contributed by atoms with Gasteiger partial charge in [0.1, 0.15) is 6.61 Å². The van der Waals surface area contributed by atoms with Crippen LogP contribution in [-0.2, 0) is 14.3 Å². The molecule has 0 bridgehead atoms. The number of morpholine rings is 1. The first-order valence-corrected chi connectivity index (χ1v) is 8.20. The Bertz CT molecular complexity index is 295. The fourth-order valence-electron chi connectivity index (χ4n) is 2.31. The van der Waals surface area contributed by atoms with Gasteiger partial charge in [-0.2, -0.15) is 0 Å². The smallest absolute Gasteiger partial charge is 0.246 e. The molecule has 1 fully saturated rings. The molecule has 1 amide bonds. The molecule has 1 aliphatic rings. The van der Waals surface area contributed by atoms with Crippen molar-refractivity contribution in [1.82, 2.24) is 15.1 Å². The lowest BCUT2D eigenvalue weighted by molar-refractivity contribution is -0.126. The van der Waals surface area contributed by atoms with Gasteiger partial charge in [0.2, 0.25) is 5.91 Å². The SMILES string of the molecule is CCN(CC)CC(O)CNC(=O)COCCN1CCOCC1. The van der Waals surface area contributed by atoms with Crippen LogP contribution in [0.2, 0.25) is 0 Å². The van der Waals surface area contributed by atoms with E-state index < -0.39 is 6.10 Å². The molecule has 22 heavy (non-hydrogen) atoms. The van der Waals surface area contributed by atoms with E-state index in [1.54, 1.807) is 0 Å². The summed E-state index contributed by atoms with van der Waals surface area (Å²) in [6, 6.07) is 0. The molecule has 1 unspecified atom stereocenters. The number of nitrogens with zero attached hydrogens (tertiary/aromatic N) is 2. The summed E-state index contributed by atoms with van der Waals surface area (Å²) < 4.78 is 10.6. The number of hydrogen-bond donors (Lipinski definition) is 2. The van der Waals surface area contributed by atoms with E-state index in [1.807, 2.05) is 0 Å². The number of likely N-dealkylation sites (N-methyl/N-ethyl adjacent to an activating group) is 1. The molecule has 0 radical (unpaired) electrons. The molecule has 1 saturated heterocycles. The number of hydrogen-bond acceptors (Lipinski definition) is 6. The molecule has 1 atom stereocenters. The van der Waals surface area contributed by atoms with E-state index in [-0.39, 0.29) is 19.1 Å². The molecule has 1 heterocycles.